The van der Waals surface area contributed by atoms with Crippen molar-refractivity contribution in [1.82, 2.24) is 25.5 Å². The molecule has 320 valence electrons. The molecule has 0 saturated carbocycles. The van der Waals surface area contributed by atoms with Gasteiger partial charge in [0.2, 0.25) is 17.7 Å². The molecule has 2 aliphatic heterocycles. The van der Waals surface area contributed by atoms with E-state index in [1.54, 1.807) is 19.9 Å². The number of nitrogens with zero attached hydrogens (tertiary/aromatic N) is 2. The molecule has 16 heteroatoms. The zero-order valence-corrected chi connectivity index (χ0v) is 34.9. The van der Waals surface area contributed by atoms with Crippen molar-refractivity contribution in [2.45, 2.75) is 109 Å². The third-order valence-corrected chi connectivity index (χ3v) is 12.4. The molecule has 4 N–H and O–H groups in total. The molecule has 0 fully saturated rings. The van der Waals surface area contributed by atoms with Crippen LogP contribution in [0.2, 0.25) is 0 Å². The van der Waals surface area contributed by atoms with Crippen molar-refractivity contribution in [3.8, 4) is 11.4 Å². The Labute approximate surface area is 356 Å². The summed E-state index contributed by atoms with van der Waals surface area (Å²) in [6, 6.07) is 10.7. The minimum atomic E-state index is -2.01. The van der Waals surface area contributed by atoms with E-state index in [0.717, 1.165) is 22.1 Å². The number of aromatic nitrogens is 2. The lowest BCUT2D eigenvalue weighted by molar-refractivity contribution is -0.172. The largest absolute Gasteiger partial charge is 0.458 e. The molecule has 0 radical (unpaired) electrons. The Kier molecular flexibility index (Phi) is 12.9. The van der Waals surface area contributed by atoms with E-state index in [1.807, 2.05) is 30.3 Å². The fourth-order valence-electron chi connectivity index (χ4n) is 8.64. The molecule has 3 aliphatic rings. The van der Waals surface area contributed by atoms with Crippen LogP contribution < -0.4 is 21.5 Å². The Balaban J connectivity index is 1.00. The van der Waals surface area contributed by atoms with Gasteiger partial charge in [0.1, 0.15) is 18.2 Å². The smallest absolute Gasteiger partial charge is 0.343 e. The van der Waals surface area contributed by atoms with Crippen LogP contribution in [-0.4, -0.2) is 68.3 Å². The first-order valence-electron chi connectivity index (χ1n) is 20.6. The summed E-state index contributed by atoms with van der Waals surface area (Å²) in [6.45, 7) is 3.33. The fourth-order valence-corrected chi connectivity index (χ4v) is 8.79. The van der Waals surface area contributed by atoms with Gasteiger partial charge in [0.05, 0.1) is 41.1 Å². The fraction of sp³-hybridized carbons (Fsp3) is 0.422. The van der Waals surface area contributed by atoms with Gasteiger partial charge in [-0.1, -0.05) is 37.3 Å². The van der Waals surface area contributed by atoms with E-state index in [-0.39, 0.29) is 105 Å². The SMILES string of the molecule is CC[C@@]1(O)C(=O)OCc2c1cc1n(c2=O)Cc2c-1nc1cc(F)c(C)c3c1c2[C@@H](NC(=O)CCCNC(=O)CCC(=O)[C@H](Cc1ccccc1)NC(=O)CCC(=O)CS)CC3. The van der Waals surface area contributed by atoms with Crippen LogP contribution in [0.3, 0.4) is 0 Å². The molecule has 2 aromatic heterocycles. The number of halogens is 1. The lowest BCUT2D eigenvalue weighted by Crippen LogP contribution is -2.44. The van der Waals surface area contributed by atoms with Gasteiger partial charge in [-0.25, -0.2) is 14.2 Å². The number of hydrogen-bond donors (Lipinski definition) is 5. The van der Waals surface area contributed by atoms with Gasteiger partial charge in [-0.15, -0.1) is 0 Å². The van der Waals surface area contributed by atoms with Crippen molar-refractivity contribution < 1.29 is 43.0 Å². The summed E-state index contributed by atoms with van der Waals surface area (Å²) >= 11 is 3.93. The molecule has 14 nitrogen and oxygen atoms in total. The standard InChI is InChI=1S/C45H48FN5O9S/c1-3-45(59)30-19-35-42-28(21-51(35)43(57)29(30)22-60-44(45)58)41-32(13-12-27-24(2)31(46)20-34(50-42)40(27)41)48-38(55)10-7-17-47-37(54)16-14-36(53)33(18-25-8-5-4-6-9-25)49-39(56)15-11-26(52)23-61/h4-6,8-9,19-20,32-33,59,61H,3,7,10-18,21-23H2,1-2H3,(H,47,54)(H,48,55)(H,49,56)/t32-,33-,45-/m0/s1. The number of thiol groups is 1. The second kappa shape index (κ2) is 18.1. The maximum absolute atomic E-state index is 15.3. The molecule has 4 aromatic rings. The molecule has 61 heavy (non-hydrogen) atoms. The van der Waals surface area contributed by atoms with Crippen LogP contribution in [-0.2, 0) is 65.1 Å². The van der Waals surface area contributed by atoms with Gasteiger partial charge >= 0.3 is 5.97 Å². The molecule has 4 heterocycles. The van der Waals surface area contributed by atoms with Crippen LogP contribution in [0.1, 0.15) is 103 Å². The van der Waals surface area contributed by atoms with E-state index in [2.05, 4.69) is 28.6 Å². The minimum absolute atomic E-state index is 0.0128. The van der Waals surface area contributed by atoms with Crippen molar-refractivity contribution in [3.63, 3.8) is 0 Å². The quantitative estimate of drug-likeness (QED) is 0.0519. The molecule has 0 bridgehead atoms. The summed E-state index contributed by atoms with van der Waals surface area (Å²) in [5.74, 6) is -2.86. The van der Waals surface area contributed by atoms with Crippen molar-refractivity contribution >= 4 is 58.8 Å². The number of nitrogens with one attached hydrogen (secondary N) is 3. The predicted molar refractivity (Wildman–Crippen MR) is 225 cm³/mol. The van der Waals surface area contributed by atoms with Crippen molar-refractivity contribution in [2.75, 3.05) is 12.3 Å². The topological polar surface area (TPSA) is 203 Å². The second-order valence-electron chi connectivity index (χ2n) is 15.9. The number of rotatable bonds is 17. The number of ether oxygens (including phenoxy) is 1. The molecule has 0 spiro atoms. The van der Waals surface area contributed by atoms with E-state index >= 15 is 4.39 Å². The average molecular weight is 854 g/mol. The number of Topliss-reactive ketones (excluding diaryl/α,β-unsaturated/α-hetero) is 2. The van der Waals surface area contributed by atoms with Gasteiger partial charge in [-0.05, 0) is 67.3 Å². The summed E-state index contributed by atoms with van der Waals surface area (Å²) in [5, 5.41) is 20.7. The van der Waals surface area contributed by atoms with Gasteiger partial charge in [0.25, 0.3) is 5.56 Å². The molecular weight excluding hydrogens is 806 g/mol. The number of cyclic esters (lactones) is 1. The first-order valence-corrected chi connectivity index (χ1v) is 21.2. The monoisotopic (exact) mass is 853 g/mol. The van der Waals surface area contributed by atoms with Gasteiger partial charge in [-0.2, -0.15) is 12.6 Å². The number of pyridine rings is 2. The third kappa shape index (κ3) is 8.73. The summed E-state index contributed by atoms with van der Waals surface area (Å²) in [4.78, 5) is 95.2. The average Bonchev–Trinajstić information content (AvgIpc) is 3.63. The number of carbonyl (C=O) groups excluding carboxylic acids is 6. The molecular formula is C45H48FN5O9S. The Morgan fingerprint density at radius 2 is 1.75 bits per heavy atom. The van der Waals surface area contributed by atoms with Gasteiger partial charge in [0.15, 0.2) is 11.4 Å². The number of aryl methyl sites for hydroxylation is 1. The molecule has 3 amide bonds. The van der Waals surface area contributed by atoms with Crippen LogP contribution in [0.25, 0.3) is 22.3 Å². The first kappa shape index (κ1) is 43.4. The maximum atomic E-state index is 15.3. The van der Waals surface area contributed by atoms with E-state index in [0.29, 0.717) is 47.3 Å². The third-order valence-electron chi connectivity index (χ3n) is 12.0. The number of aliphatic hydroxyl groups is 1. The molecule has 2 aromatic carbocycles. The minimum Gasteiger partial charge on any atom is -0.458 e. The highest BCUT2D eigenvalue weighted by Crippen LogP contribution is 2.46. The van der Waals surface area contributed by atoms with Gasteiger partial charge < -0.3 is 30.4 Å². The summed E-state index contributed by atoms with van der Waals surface area (Å²) in [6.07, 6.45) is 1.21. The highest BCUT2D eigenvalue weighted by molar-refractivity contribution is 7.81. The number of fused-ring (bicyclic) bond motifs is 5. The van der Waals surface area contributed by atoms with Crippen molar-refractivity contribution in [2.24, 2.45) is 0 Å². The number of amides is 3. The van der Waals surface area contributed by atoms with Crippen LogP contribution >= 0.6 is 12.6 Å². The Hall–Kier alpha value is -5.74. The first-order chi connectivity index (χ1) is 29.2. The maximum Gasteiger partial charge on any atom is 0.343 e. The zero-order valence-electron chi connectivity index (χ0n) is 34.0. The highest BCUT2D eigenvalue weighted by Gasteiger charge is 2.46. The summed E-state index contributed by atoms with van der Waals surface area (Å²) in [7, 11) is 0. The van der Waals surface area contributed by atoms with Crippen molar-refractivity contribution in [1.29, 1.82) is 0 Å². The van der Waals surface area contributed by atoms with Crippen LogP contribution in [0.5, 0.6) is 0 Å². The summed E-state index contributed by atoms with van der Waals surface area (Å²) in [5.41, 5.74) is 2.57. The Morgan fingerprint density at radius 1 is 1.00 bits per heavy atom. The molecule has 0 unspecified atom stereocenters. The Bertz CT molecular complexity index is 2530. The Morgan fingerprint density at radius 3 is 2.49 bits per heavy atom. The molecule has 3 atom stereocenters. The highest BCUT2D eigenvalue weighted by atomic mass is 32.1. The lowest BCUT2D eigenvalue weighted by Gasteiger charge is -2.31. The number of ketones is 2. The van der Waals surface area contributed by atoms with Gasteiger partial charge in [0, 0.05) is 67.0 Å². The van der Waals surface area contributed by atoms with Crippen LogP contribution in [0, 0.1) is 12.7 Å². The second-order valence-corrected chi connectivity index (χ2v) is 16.2. The van der Waals surface area contributed by atoms with Crippen LogP contribution in [0.4, 0.5) is 4.39 Å². The lowest BCUT2D eigenvalue weighted by atomic mass is 9.81. The van der Waals surface area contributed by atoms with Crippen LogP contribution in [0.15, 0.2) is 47.3 Å². The normalized spacial score (nSPS) is 17.7. The van der Waals surface area contributed by atoms with E-state index in [1.165, 1.54) is 10.6 Å². The predicted octanol–water partition coefficient (Wildman–Crippen LogP) is 3.88. The number of hydrogen-bond acceptors (Lipinski definition) is 11. The number of carbonyl (C=O) groups is 6. The van der Waals surface area contributed by atoms with E-state index in [9.17, 15) is 38.7 Å². The molecule has 0 saturated heterocycles. The molecule has 7 rings (SSSR count). The molecule has 1 aliphatic carbocycles. The number of esters is 1. The van der Waals surface area contributed by atoms with Gasteiger partial charge in [-0.3, -0.25) is 28.8 Å². The van der Waals surface area contributed by atoms with E-state index < -0.39 is 40.9 Å². The van der Waals surface area contributed by atoms with E-state index in [4.69, 9.17) is 9.72 Å². The van der Waals surface area contributed by atoms with Crippen molar-refractivity contribution in [3.05, 3.63) is 97.6 Å². The zero-order chi connectivity index (χ0) is 43.6. The number of benzene rings is 2. The summed E-state index contributed by atoms with van der Waals surface area (Å²) < 4.78 is 22.0.